The van der Waals surface area contributed by atoms with E-state index in [0.29, 0.717) is 17.7 Å². The summed E-state index contributed by atoms with van der Waals surface area (Å²) >= 11 is 1.55. The predicted octanol–water partition coefficient (Wildman–Crippen LogP) is 3.50. The Bertz CT molecular complexity index is 900. The number of methoxy groups -OCH3 is 1. The van der Waals surface area contributed by atoms with E-state index in [0.717, 1.165) is 10.3 Å². The first-order valence-electron chi connectivity index (χ1n) is 8.10. The van der Waals surface area contributed by atoms with Gasteiger partial charge in [-0.2, -0.15) is 0 Å². The first kappa shape index (κ1) is 18.2. The highest BCUT2D eigenvalue weighted by Gasteiger charge is 2.25. The summed E-state index contributed by atoms with van der Waals surface area (Å²) in [5.41, 5.74) is 1.18. The van der Waals surface area contributed by atoms with E-state index in [9.17, 15) is 9.59 Å². The molecular formula is C19H19NO5S. The molecule has 0 saturated carbocycles. The molecule has 3 aromatic rings. The number of hydrogen-bond donors (Lipinski definition) is 1. The van der Waals surface area contributed by atoms with Gasteiger partial charge >= 0.3 is 5.97 Å². The summed E-state index contributed by atoms with van der Waals surface area (Å²) in [7, 11) is 1.54. The number of amides is 1. The monoisotopic (exact) mass is 373 g/mol. The minimum Gasteiger partial charge on any atom is -0.449 e. The van der Waals surface area contributed by atoms with Gasteiger partial charge in [0, 0.05) is 22.9 Å². The van der Waals surface area contributed by atoms with Crippen LogP contribution >= 0.6 is 11.3 Å². The van der Waals surface area contributed by atoms with Gasteiger partial charge in [-0.1, -0.05) is 24.3 Å². The Labute approximate surface area is 154 Å². The molecule has 0 spiro atoms. The Balaban J connectivity index is 1.69. The van der Waals surface area contributed by atoms with Crippen LogP contribution in [0.1, 0.15) is 27.9 Å². The predicted molar refractivity (Wildman–Crippen MR) is 98.0 cm³/mol. The number of fused-ring (bicyclic) bond motifs is 1. The van der Waals surface area contributed by atoms with Crippen molar-refractivity contribution in [3.05, 3.63) is 58.0 Å². The molecule has 1 amide bonds. The van der Waals surface area contributed by atoms with Crippen molar-refractivity contribution in [1.82, 2.24) is 5.32 Å². The summed E-state index contributed by atoms with van der Waals surface area (Å²) in [6, 6.07) is 11.1. The average molecular weight is 373 g/mol. The number of rotatable bonds is 7. The zero-order chi connectivity index (χ0) is 18.5. The van der Waals surface area contributed by atoms with Crippen molar-refractivity contribution in [3.8, 4) is 0 Å². The smallest absolute Gasteiger partial charge is 0.375 e. The van der Waals surface area contributed by atoms with Crippen molar-refractivity contribution in [2.24, 2.45) is 0 Å². The summed E-state index contributed by atoms with van der Waals surface area (Å²) in [4.78, 5) is 25.7. The molecule has 1 aromatic carbocycles. The third kappa shape index (κ3) is 3.95. The SMILES string of the molecule is COCc1c(C(=O)OC(C)C(=O)NCc2cccs2)oc2ccccc12. The number of para-hydroxylation sites is 1. The third-order valence-corrected chi connectivity index (χ3v) is 4.72. The lowest BCUT2D eigenvalue weighted by Crippen LogP contribution is -2.35. The number of thiophene rings is 1. The lowest BCUT2D eigenvalue weighted by molar-refractivity contribution is -0.129. The molecule has 0 radical (unpaired) electrons. The fraction of sp³-hybridized carbons (Fsp3) is 0.263. The number of furan rings is 1. The summed E-state index contributed by atoms with van der Waals surface area (Å²) < 4.78 is 16.1. The van der Waals surface area contributed by atoms with Gasteiger partial charge in [0.15, 0.2) is 6.10 Å². The van der Waals surface area contributed by atoms with Crippen molar-refractivity contribution in [1.29, 1.82) is 0 Å². The number of carbonyl (C=O) groups is 2. The number of benzene rings is 1. The van der Waals surface area contributed by atoms with Gasteiger partial charge in [-0.05, 0) is 24.4 Å². The molecule has 0 aliphatic carbocycles. The summed E-state index contributed by atoms with van der Waals surface area (Å²) in [6.45, 7) is 2.14. The largest absolute Gasteiger partial charge is 0.449 e. The van der Waals surface area contributed by atoms with Gasteiger partial charge in [0.25, 0.3) is 5.91 Å². The molecule has 0 saturated heterocycles. The van der Waals surface area contributed by atoms with Crippen LogP contribution in [0.5, 0.6) is 0 Å². The van der Waals surface area contributed by atoms with E-state index >= 15 is 0 Å². The highest BCUT2D eigenvalue weighted by Crippen LogP contribution is 2.27. The molecule has 136 valence electrons. The molecule has 1 unspecified atom stereocenters. The van der Waals surface area contributed by atoms with Crippen molar-refractivity contribution in [3.63, 3.8) is 0 Å². The zero-order valence-electron chi connectivity index (χ0n) is 14.5. The van der Waals surface area contributed by atoms with Crippen molar-refractivity contribution < 1.29 is 23.5 Å². The van der Waals surface area contributed by atoms with Gasteiger partial charge in [0.05, 0.1) is 13.2 Å². The second-order valence-corrected chi connectivity index (χ2v) is 6.72. The van der Waals surface area contributed by atoms with E-state index in [1.165, 1.54) is 14.0 Å². The molecule has 0 aliphatic heterocycles. The Hall–Kier alpha value is -2.64. The van der Waals surface area contributed by atoms with Crippen LogP contribution in [0.3, 0.4) is 0 Å². The van der Waals surface area contributed by atoms with E-state index in [-0.39, 0.29) is 18.3 Å². The lowest BCUT2D eigenvalue weighted by atomic mass is 10.1. The fourth-order valence-corrected chi connectivity index (χ4v) is 3.19. The van der Waals surface area contributed by atoms with E-state index in [1.807, 2.05) is 35.7 Å². The average Bonchev–Trinajstić information content (AvgIpc) is 3.28. The Morgan fingerprint density at radius 2 is 2.04 bits per heavy atom. The first-order valence-corrected chi connectivity index (χ1v) is 8.98. The maximum atomic E-state index is 12.5. The molecule has 6 nitrogen and oxygen atoms in total. The number of ether oxygens (including phenoxy) is 2. The van der Waals surface area contributed by atoms with E-state index in [2.05, 4.69) is 5.32 Å². The molecule has 26 heavy (non-hydrogen) atoms. The van der Waals surface area contributed by atoms with E-state index in [4.69, 9.17) is 13.9 Å². The third-order valence-electron chi connectivity index (χ3n) is 3.84. The van der Waals surface area contributed by atoms with Gasteiger partial charge < -0.3 is 19.2 Å². The molecule has 1 atom stereocenters. The summed E-state index contributed by atoms with van der Waals surface area (Å²) in [5, 5.41) is 5.47. The van der Waals surface area contributed by atoms with Crippen LogP contribution < -0.4 is 5.32 Å². The molecule has 0 aliphatic rings. The minimum atomic E-state index is -0.939. The highest BCUT2D eigenvalue weighted by molar-refractivity contribution is 7.09. The topological polar surface area (TPSA) is 77.8 Å². The van der Waals surface area contributed by atoms with Crippen LogP contribution in [-0.2, 0) is 27.4 Å². The summed E-state index contributed by atoms with van der Waals surface area (Å²) in [5.74, 6) is -0.992. The van der Waals surface area contributed by atoms with Crippen LogP contribution in [0.2, 0.25) is 0 Å². The Morgan fingerprint density at radius 1 is 1.23 bits per heavy atom. The number of esters is 1. The number of carbonyl (C=O) groups excluding carboxylic acids is 2. The molecule has 2 aromatic heterocycles. The molecule has 2 heterocycles. The van der Waals surface area contributed by atoms with Crippen molar-refractivity contribution in [2.75, 3.05) is 7.11 Å². The van der Waals surface area contributed by atoms with Crippen LogP contribution in [0.25, 0.3) is 11.0 Å². The fourth-order valence-electron chi connectivity index (χ4n) is 2.55. The lowest BCUT2D eigenvalue weighted by Gasteiger charge is -2.12. The number of nitrogens with one attached hydrogen (secondary N) is 1. The van der Waals surface area contributed by atoms with E-state index in [1.54, 1.807) is 17.4 Å². The quantitative estimate of drug-likeness (QED) is 0.641. The van der Waals surface area contributed by atoms with Crippen LogP contribution in [0.15, 0.2) is 46.2 Å². The molecule has 7 heteroatoms. The Kier molecular flexibility index (Phi) is 5.70. The van der Waals surface area contributed by atoms with Gasteiger partial charge in [0.2, 0.25) is 5.76 Å². The molecular weight excluding hydrogens is 354 g/mol. The minimum absolute atomic E-state index is 0.0611. The van der Waals surface area contributed by atoms with Gasteiger partial charge in [-0.15, -0.1) is 11.3 Å². The van der Waals surface area contributed by atoms with Crippen molar-refractivity contribution in [2.45, 2.75) is 26.2 Å². The first-order chi connectivity index (χ1) is 12.6. The maximum absolute atomic E-state index is 12.5. The van der Waals surface area contributed by atoms with E-state index < -0.39 is 12.1 Å². The number of hydrogen-bond acceptors (Lipinski definition) is 6. The summed E-state index contributed by atoms with van der Waals surface area (Å²) in [6.07, 6.45) is -0.939. The molecule has 3 rings (SSSR count). The van der Waals surface area contributed by atoms with Gasteiger partial charge in [0.1, 0.15) is 5.58 Å². The molecule has 0 fully saturated rings. The van der Waals surface area contributed by atoms with Crippen LogP contribution in [0.4, 0.5) is 0 Å². The second-order valence-electron chi connectivity index (χ2n) is 5.68. The zero-order valence-corrected chi connectivity index (χ0v) is 15.3. The van der Waals surface area contributed by atoms with Gasteiger partial charge in [-0.3, -0.25) is 4.79 Å². The Morgan fingerprint density at radius 3 is 2.77 bits per heavy atom. The van der Waals surface area contributed by atoms with Crippen LogP contribution in [-0.4, -0.2) is 25.1 Å². The van der Waals surface area contributed by atoms with Crippen molar-refractivity contribution >= 4 is 34.2 Å². The standard InChI is InChI=1S/C19H19NO5S/c1-12(18(21)20-10-13-6-5-9-26-13)24-19(22)17-15(11-23-2)14-7-3-4-8-16(14)25-17/h3-9,12H,10-11H2,1-2H3,(H,20,21). The maximum Gasteiger partial charge on any atom is 0.375 e. The highest BCUT2D eigenvalue weighted by atomic mass is 32.1. The molecule has 1 N–H and O–H groups in total. The normalized spacial score (nSPS) is 12.1. The molecule has 0 bridgehead atoms. The van der Waals surface area contributed by atoms with Crippen LogP contribution in [0, 0.1) is 0 Å². The second kappa shape index (κ2) is 8.16. The van der Waals surface area contributed by atoms with Gasteiger partial charge in [-0.25, -0.2) is 4.79 Å².